The van der Waals surface area contributed by atoms with Crippen molar-refractivity contribution >= 4 is 16.8 Å². The number of hydrogen-bond donors (Lipinski definition) is 0. The standard InChI is InChI=1S/C10H8ClNO2/c1-6-3-8(10(11)13)7(5-12)4-9(6)14-2/h3-4H,1-2H3. The fourth-order valence-corrected chi connectivity index (χ4v) is 1.32. The zero-order valence-electron chi connectivity index (χ0n) is 7.80. The fraction of sp³-hybridized carbons (Fsp3) is 0.200. The maximum atomic E-state index is 11.0. The second kappa shape index (κ2) is 4.12. The molecule has 0 aromatic heterocycles. The molecule has 1 aromatic carbocycles. The lowest BCUT2D eigenvalue weighted by Gasteiger charge is -2.06. The van der Waals surface area contributed by atoms with E-state index in [1.165, 1.54) is 13.2 Å². The highest BCUT2D eigenvalue weighted by molar-refractivity contribution is 6.68. The summed E-state index contributed by atoms with van der Waals surface area (Å²) in [6, 6.07) is 4.95. The van der Waals surface area contributed by atoms with Crippen LogP contribution in [0.25, 0.3) is 0 Å². The van der Waals surface area contributed by atoms with E-state index < -0.39 is 5.24 Å². The number of carbonyl (C=O) groups is 1. The molecule has 3 nitrogen and oxygen atoms in total. The molecule has 0 radical (unpaired) electrons. The van der Waals surface area contributed by atoms with Crippen LogP contribution in [0.4, 0.5) is 0 Å². The molecular formula is C10H8ClNO2. The highest BCUT2D eigenvalue weighted by atomic mass is 35.5. The summed E-state index contributed by atoms with van der Waals surface area (Å²) in [7, 11) is 1.51. The Labute approximate surface area is 86.9 Å². The molecule has 0 amide bonds. The SMILES string of the molecule is COc1cc(C#N)c(C(=O)Cl)cc1C. The maximum Gasteiger partial charge on any atom is 0.253 e. The van der Waals surface area contributed by atoms with Gasteiger partial charge in [0, 0.05) is 0 Å². The minimum absolute atomic E-state index is 0.215. The highest BCUT2D eigenvalue weighted by Gasteiger charge is 2.12. The van der Waals surface area contributed by atoms with Gasteiger partial charge in [-0.25, -0.2) is 0 Å². The van der Waals surface area contributed by atoms with Gasteiger partial charge in [-0.3, -0.25) is 4.79 Å². The molecule has 0 aliphatic heterocycles. The first-order valence-corrected chi connectivity index (χ1v) is 4.26. The van der Waals surface area contributed by atoms with Crippen molar-refractivity contribution in [1.82, 2.24) is 0 Å². The van der Waals surface area contributed by atoms with Gasteiger partial charge in [0.05, 0.1) is 18.2 Å². The average molecular weight is 210 g/mol. The first-order chi connectivity index (χ1) is 6.60. The van der Waals surface area contributed by atoms with Crippen LogP contribution in [0.5, 0.6) is 5.75 Å². The van der Waals surface area contributed by atoms with Crippen LogP contribution in [-0.4, -0.2) is 12.4 Å². The molecule has 0 spiro atoms. The molecule has 0 aliphatic carbocycles. The number of ether oxygens (including phenoxy) is 1. The first kappa shape index (κ1) is 10.6. The van der Waals surface area contributed by atoms with Gasteiger partial charge in [-0.15, -0.1) is 0 Å². The number of methoxy groups -OCH3 is 1. The fourth-order valence-electron chi connectivity index (χ4n) is 1.16. The van der Waals surface area contributed by atoms with Crippen molar-refractivity contribution < 1.29 is 9.53 Å². The van der Waals surface area contributed by atoms with Crippen molar-refractivity contribution in [3.05, 3.63) is 28.8 Å². The molecule has 0 atom stereocenters. The Bertz CT molecular complexity index is 421. The van der Waals surface area contributed by atoms with Gasteiger partial charge in [-0.1, -0.05) is 0 Å². The molecule has 0 N–H and O–H groups in total. The van der Waals surface area contributed by atoms with Crippen molar-refractivity contribution in [1.29, 1.82) is 5.26 Å². The molecule has 0 saturated carbocycles. The second-order valence-electron chi connectivity index (χ2n) is 2.75. The molecular weight excluding hydrogens is 202 g/mol. The minimum Gasteiger partial charge on any atom is -0.496 e. The third-order valence-corrected chi connectivity index (χ3v) is 2.07. The Morgan fingerprint density at radius 1 is 1.57 bits per heavy atom. The van der Waals surface area contributed by atoms with Crippen LogP contribution in [0.3, 0.4) is 0 Å². The van der Waals surface area contributed by atoms with Gasteiger partial charge >= 0.3 is 0 Å². The van der Waals surface area contributed by atoms with Crippen LogP contribution in [-0.2, 0) is 0 Å². The minimum atomic E-state index is -0.632. The van der Waals surface area contributed by atoms with Crippen LogP contribution >= 0.6 is 11.6 Å². The van der Waals surface area contributed by atoms with Crippen molar-refractivity contribution in [2.75, 3.05) is 7.11 Å². The Hall–Kier alpha value is -1.53. The van der Waals surface area contributed by atoms with Gasteiger partial charge in [-0.2, -0.15) is 5.26 Å². The van der Waals surface area contributed by atoms with Crippen molar-refractivity contribution in [3.8, 4) is 11.8 Å². The predicted molar refractivity (Wildman–Crippen MR) is 52.6 cm³/mol. The van der Waals surface area contributed by atoms with Crippen molar-refractivity contribution in [2.45, 2.75) is 6.92 Å². The van der Waals surface area contributed by atoms with Crippen molar-refractivity contribution in [3.63, 3.8) is 0 Å². The third kappa shape index (κ3) is 1.86. The summed E-state index contributed by atoms with van der Waals surface area (Å²) in [6.07, 6.45) is 0. The second-order valence-corrected chi connectivity index (χ2v) is 3.10. The molecule has 1 aromatic rings. The zero-order chi connectivity index (χ0) is 10.7. The average Bonchev–Trinajstić information content (AvgIpc) is 2.17. The largest absolute Gasteiger partial charge is 0.496 e. The van der Waals surface area contributed by atoms with E-state index in [1.807, 2.05) is 6.07 Å². The quantitative estimate of drug-likeness (QED) is 0.702. The normalized spacial score (nSPS) is 9.29. The summed E-state index contributed by atoms with van der Waals surface area (Å²) in [5.41, 5.74) is 1.22. The first-order valence-electron chi connectivity index (χ1n) is 3.88. The number of nitrogens with zero attached hydrogens (tertiary/aromatic N) is 1. The number of aryl methyl sites for hydroxylation is 1. The molecule has 14 heavy (non-hydrogen) atoms. The molecule has 0 bridgehead atoms. The van der Waals surface area contributed by atoms with E-state index >= 15 is 0 Å². The molecule has 0 saturated heterocycles. The van der Waals surface area contributed by atoms with E-state index in [9.17, 15) is 4.79 Å². The summed E-state index contributed by atoms with van der Waals surface area (Å²) >= 11 is 5.32. The van der Waals surface area contributed by atoms with Gasteiger partial charge in [0.2, 0.25) is 0 Å². The Morgan fingerprint density at radius 3 is 2.64 bits per heavy atom. The maximum absolute atomic E-state index is 11.0. The summed E-state index contributed by atoms with van der Waals surface area (Å²) in [5.74, 6) is 0.572. The van der Waals surface area contributed by atoms with Crippen LogP contribution < -0.4 is 4.74 Å². The number of rotatable bonds is 2. The Balaban J connectivity index is 3.41. The molecule has 0 fully saturated rings. The number of hydrogen-bond acceptors (Lipinski definition) is 3. The molecule has 0 aliphatic rings. The van der Waals surface area contributed by atoms with Crippen LogP contribution in [0.1, 0.15) is 21.5 Å². The van der Waals surface area contributed by atoms with E-state index in [0.717, 1.165) is 5.56 Å². The predicted octanol–water partition coefficient (Wildman–Crippen LogP) is 2.25. The van der Waals surface area contributed by atoms with Crippen LogP contribution in [0, 0.1) is 18.3 Å². The number of carbonyl (C=O) groups excluding carboxylic acids is 1. The summed E-state index contributed by atoms with van der Waals surface area (Å²) < 4.78 is 5.02. The van der Waals surface area contributed by atoms with Gasteiger partial charge in [0.1, 0.15) is 11.8 Å². The smallest absolute Gasteiger partial charge is 0.253 e. The Morgan fingerprint density at radius 2 is 2.21 bits per heavy atom. The molecule has 1 rings (SSSR count). The summed E-state index contributed by atoms with van der Waals surface area (Å²) in [5, 5.41) is 8.13. The van der Waals surface area contributed by atoms with Gasteiger partial charge < -0.3 is 4.74 Å². The Kier molecular flexibility index (Phi) is 3.10. The van der Waals surface area contributed by atoms with E-state index in [4.69, 9.17) is 21.6 Å². The lowest BCUT2D eigenvalue weighted by molar-refractivity contribution is 0.108. The summed E-state index contributed by atoms with van der Waals surface area (Å²) in [6.45, 7) is 1.78. The monoisotopic (exact) mass is 209 g/mol. The number of nitriles is 1. The highest BCUT2D eigenvalue weighted by Crippen LogP contribution is 2.23. The van der Waals surface area contributed by atoms with Gasteiger partial charge in [0.15, 0.2) is 0 Å². The van der Waals surface area contributed by atoms with Gasteiger partial charge in [0.25, 0.3) is 5.24 Å². The van der Waals surface area contributed by atoms with E-state index in [0.29, 0.717) is 5.75 Å². The van der Waals surface area contributed by atoms with E-state index in [2.05, 4.69) is 0 Å². The van der Waals surface area contributed by atoms with Crippen LogP contribution in [0.2, 0.25) is 0 Å². The topological polar surface area (TPSA) is 50.1 Å². The third-order valence-electron chi connectivity index (χ3n) is 1.87. The van der Waals surface area contributed by atoms with E-state index in [1.54, 1.807) is 13.0 Å². The summed E-state index contributed by atoms with van der Waals surface area (Å²) in [4.78, 5) is 11.0. The lowest BCUT2D eigenvalue weighted by Crippen LogP contribution is -1.97. The molecule has 0 unspecified atom stereocenters. The molecule has 72 valence electrons. The molecule has 4 heteroatoms. The van der Waals surface area contributed by atoms with Gasteiger partial charge in [-0.05, 0) is 36.2 Å². The van der Waals surface area contributed by atoms with Crippen LogP contribution in [0.15, 0.2) is 12.1 Å². The molecule has 0 heterocycles. The zero-order valence-corrected chi connectivity index (χ0v) is 8.55. The van der Waals surface area contributed by atoms with Crippen molar-refractivity contribution in [2.24, 2.45) is 0 Å². The number of halogens is 1. The van der Waals surface area contributed by atoms with E-state index in [-0.39, 0.29) is 11.1 Å². The lowest BCUT2D eigenvalue weighted by atomic mass is 10.1. The number of benzene rings is 1.